The second-order valence-corrected chi connectivity index (χ2v) is 8.09. The molecule has 1 aliphatic carbocycles. The van der Waals surface area contributed by atoms with Crippen LogP contribution in [0.5, 0.6) is 0 Å². The van der Waals surface area contributed by atoms with Gasteiger partial charge in [-0.25, -0.2) is 0 Å². The number of hydrogen-bond acceptors (Lipinski definition) is 2. The summed E-state index contributed by atoms with van der Waals surface area (Å²) in [4.78, 5) is 27.2. The number of rotatable bonds is 8. The molecule has 0 spiro atoms. The molecule has 0 unspecified atom stereocenters. The largest absolute Gasteiger partial charge is 0.356 e. The van der Waals surface area contributed by atoms with E-state index in [4.69, 9.17) is 0 Å². The molecule has 0 radical (unpaired) electrons. The molecule has 0 atom stereocenters. The lowest BCUT2D eigenvalue weighted by molar-refractivity contribution is -0.122. The summed E-state index contributed by atoms with van der Waals surface area (Å²) in [5, 5.41) is 2.91. The number of carbonyl (C=O) groups is 2. The zero-order valence-electron chi connectivity index (χ0n) is 17.6. The summed E-state index contributed by atoms with van der Waals surface area (Å²) < 4.78 is 0. The van der Waals surface area contributed by atoms with E-state index in [9.17, 15) is 9.59 Å². The van der Waals surface area contributed by atoms with E-state index in [2.05, 4.69) is 30.4 Å². The van der Waals surface area contributed by atoms with Crippen molar-refractivity contribution in [3.8, 4) is 0 Å². The fourth-order valence-electron chi connectivity index (χ4n) is 3.99. The van der Waals surface area contributed by atoms with Crippen molar-refractivity contribution in [1.82, 2.24) is 5.32 Å². The molecule has 29 heavy (non-hydrogen) atoms. The highest BCUT2D eigenvalue weighted by atomic mass is 16.2. The third kappa shape index (κ3) is 5.93. The van der Waals surface area contributed by atoms with E-state index in [0.29, 0.717) is 19.5 Å². The Morgan fingerprint density at radius 3 is 2.41 bits per heavy atom. The maximum absolute atomic E-state index is 13.3. The first-order valence-corrected chi connectivity index (χ1v) is 10.8. The van der Waals surface area contributed by atoms with Gasteiger partial charge in [0.25, 0.3) is 0 Å². The maximum Gasteiger partial charge on any atom is 0.230 e. The molecule has 2 amide bonds. The second-order valence-electron chi connectivity index (χ2n) is 8.09. The first-order chi connectivity index (χ1) is 14.1. The fourth-order valence-corrected chi connectivity index (χ4v) is 3.99. The lowest BCUT2D eigenvalue weighted by Gasteiger charge is -2.26. The van der Waals surface area contributed by atoms with E-state index < -0.39 is 0 Å². The van der Waals surface area contributed by atoms with Gasteiger partial charge >= 0.3 is 0 Å². The molecule has 0 saturated heterocycles. The van der Waals surface area contributed by atoms with Gasteiger partial charge in [-0.1, -0.05) is 61.7 Å². The Morgan fingerprint density at radius 1 is 1.03 bits per heavy atom. The highest BCUT2D eigenvalue weighted by Crippen LogP contribution is 2.30. The van der Waals surface area contributed by atoms with Gasteiger partial charge in [-0.05, 0) is 49.4 Å². The molecule has 4 heteroatoms. The molecule has 154 valence electrons. The number of carbonyl (C=O) groups excluding carboxylic acids is 2. The van der Waals surface area contributed by atoms with E-state index in [1.54, 1.807) is 0 Å². The molecular formula is C25H32N2O2. The third-order valence-corrected chi connectivity index (χ3v) is 5.58. The van der Waals surface area contributed by atoms with Crippen molar-refractivity contribution >= 4 is 17.5 Å². The third-order valence-electron chi connectivity index (χ3n) is 5.58. The number of aryl methyl sites for hydroxylation is 1. The molecule has 2 aromatic rings. The van der Waals surface area contributed by atoms with Crippen molar-refractivity contribution in [2.24, 2.45) is 5.92 Å². The number of hydrogen-bond donors (Lipinski definition) is 1. The van der Waals surface area contributed by atoms with Crippen LogP contribution in [0, 0.1) is 12.8 Å². The second kappa shape index (κ2) is 10.2. The molecule has 3 rings (SSSR count). The molecule has 1 aliphatic rings. The molecule has 0 aliphatic heterocycles. The minimum absolute atomic E-state index is 0.0400. The van der Waals surface area contributed by atoms with Crippen LogP contribution in [0.2, 0.25) is 0 Å². The minimum atomic E-state index is 0.0400. The number of anilines is 1. The average Bonchev–Trinajstić information content (AvgIpc) is 3.26. The summed E-state index contributed by atoms with van der Waals surface area (Å²) in [5.41, 5.74) is 4.20. The van der Waals surface area contributed by atoms with Crippen LogP contribution in [0.4, 0.5) is 5.69 Å². The van der Waals surface area contributed by atoms with Gasteiger partial charge in [0.2, 0.25) is 11.8 Å². The van der Waals surface area contributed by atoms with Crippen LogP contribution in [0.15, 0.2) is 48.5 Å². The summed E-state index contributed by atoms with van der Waals surface area (Å²) in [6.45, 7) is 5.40. The molecule has 0 aromatic heterocycles. The van der Waals surface area contributed by atoms with Crippen molar-refractivity contribution in [2.45, 2.75) is 58.9 Å². The lowest BCUT2D eigenvalue weighted by Crippen LogP contribution is -2.35. The van der Waals surface area contributed by atoms with Crippen molar-refractivity contribution in [3.63, 3.8) is 0 Å². The van der Waals surface area contributed by atoms with Gasteiger partial charge in [0.1, 0.15) is 0 Å². The molecule has 1 saturated carbocycles. The highest BCUT2D eigenvalue weighted by Gasteiger charge is 2.28. The number of amides is 2. The predicted molar refractivity (Wildman–Crippen MR) is 118 cm³/mol. The number of benzene rings is 2. The van der Waals surface area contributed by atoms with E-state index in [1.165, 1.54) is 5.56 Å². The van der Waals surface area contributed by atoms with Crippen molar-refractivity contribution in [2.75, 3.05) is 11.4 Å². The van der Waals surface area contributed by atoms with Gasteiger partial charge < -0.3 is 10.2 Å². The summed E-state index contributed by atoms with van der Waals surface area (Å²) in [6, 6.07) is 16.2. The summed E-state index contributed by atoms with van der Waals surface area (Å²) >= 11 is 0. The zero-order chi connectivity index (χ0) is 20.6. The number of nitrogens with zero attached hydrogens (tertiary/aromatic N) is 1. The van der Waals surface area contributed by atoms with Crippen molar-refractivity contribution < 1.29 is 9.59 Å². The predicted octanol–water partition coefficient (Wildman–Crippen LogP) is 4.79. The quantitative estimate of drug-likeness (QED) is 0.702. The topological polar surface area (TPSA) is 49.4 Å². The minimum Gasteiger partial charge on any atom is -0.356 e. The average molecular weight is 393 g/mol. The molecule has 0 bridgehead atoms. The molecule has 4 nitrogen and oxygen atoms in total. The Balaban J connectivity index is 1.77. The van der Waals surface area contributed by atoms with Crippen molar-refractivity contribution in [3.05, 3.63) is 65.2 Å². The van der Waals surface area contributed by atoms with Gasteiger partial charge in [-0.2, -0.15) is 0 Å². The highest BCUT2D eigenvalue weighted by molar-refractivity contribution is 5.95. The van der Waals surface area contributed by atoms with Gasteiger partial charge in [0.05, 0.1) is 13.0 Å². The smallest absolute Gasteiger partial charge is 0.230 e. The lowest BCUT2D eigenvalue weighted by atomic mass is 10.0. The zero-order valence-corrected chi connectivity index (χ0v) is 17.6. The van der Waals surface area contributed by atoms with E-state index >= 15 is 0 Å². The summed E-state index contributed by atoms with van der Waals surface area (Å²) in [5.74, 6) is 0.384. The fraction of sp³-hybridized carbons (Fsp3) is 0.440. The van der Waals surface area contributed by atoms with Crippen LogP contribution in [0.25, 0.3) is 0 Å². The Morgan fingerprint density at radius 2 is 1.76 bits per heavy atom. The molecule has 2 aromatic carbocycles. The molecule has 1 fully saturated rings. The van der Waals surface area contributed by atoms with Crippen LogP contribution in [-0.2, 0) is 22.6 Å². The van der Waals surface area contributed by atoms with Crippen LogP contribution in [0.3, 0.4) is 0 Å². The normalized spacial score (nSPS) is 14.0. The van der Waals surface area contributed by atoms with Gasteiger partial charge in [-0.15, -0.1) is 0 Å². The monoisotopic (exact) mass is 392 g/mol. The van der Waals surface area contributed by atoms with Crippen LogP contribution >= 0.6 is 0 Å². The number of nitrogens with one attached hydrogen (secondary N) is 1. The first kappa shape index (κ1) is 21.1. The summed E-state index contributed by atoms with van der Waals surface area (Å²) in [6.07, 6.45) is 5.55. The Bertz CT molecular complexity index is 823. The van der Waals surface area contributed by atoms with E-state index in [1.807, 2.05) is 42.2 Å². The Hall–Kier alpha value is -2.62. The maximum atomic E-state index is 13.3. The Labute approximate surface area is 174 Å². The van der Waals surface area contributed by atoms with Crippen LogP contribution in [-0.4, -0.2) is 18.4 Å². The Kier molecular flexibility index (Phi) is 7.45. The van der Waals surface area contributed by atoms with Crippen molar-refractivity contribution in [1.29, 1.82) is 0 Å². The first-order valence-electron chi connectivity index (χ1n) is 10.8. The van der Waals surface area contributed by atoms with Gasteiger partial charge in [0.15, 0.2) is 0 Å². The summed E-state index contributed by atoms with van der Waals surface area (Å²) in [7, 11) is 0. The molecule has 0 heterocycles. The van der Waals surface area contributed by atoms with Crippen LogP contribution in [0.1, 0.15) is 55.7 Å². The van der Waals surface area contributed by atoms with E-state index in [-0.39, 0.29) is 17.7 Å². The van der Waals surface area contributed by atoms with Gasteiger partial charge in [-0.3, -0.25) is 9.59 Å². The van der Waals surface area contributed by atoms with Gasteiger partial charge in [0, 0.05) is 18.2 Å². The molecular weight excluding hydrogens is 360 g/mol. The SMILES string of the molecule is CCCNC(=O)Cc1ccc(N(Cc2cccc(C)c2)C(=O)C2CCCC2)cc1. The molecule has 1 N–H and O–H groups in total. The van der Waals surface area contributed by atoms with E-state index in [0.717, 1.165) is 48.9 Å². The standard InChI is InChI=1S/C25H32N2O2/c1-3-15-26-24(28)17-20-11-13-23(14-12-20)27(25(29)22-9-4-5-10-22)18-21-8-6-7-19(2)16-21/h6-8,11-14,16,22H,3-5,9-10,15,17-18H2,1-2H3,(H,26,28). The van der Waals surface area contributed by atoms with Crippen LogP contribution < -0.4 is 10.2 Å².